The van der Waals surface area contributed by atoms with Crippen LogP contribution in [0.3, 0.4) is 0 Å². The Labute approximate surface area is 90.2 Å². The minimum absolute atomic E-state index is 0.199. The Morgan fingerprint density at radius 2 is 2.40 bits per heavy atom. The molecule has 0 spiro atoms. The van der Waals surface area contributed by atoms with Gasteiger partial charge in [-0.05, 0) is 26.2 Å². The number of nitrogens with two attached hydrogens (primary N) is 1. The molecule has 4 heteroatoms. The molecule has 0 aromatic carbocycles. The molecule has 1 aromatic heterocycles. The molecule has 0 aliphatic carbocycles. The Balaban J connectivity index is 2.34. The minimum atomic E-state index is -0.199. The molecule has 1 saturated heterocycles. The van der Waals surface area contributed by atoms with Crippen molar-refractivity contribution < 1.29 is 4.74 Å². The second kappa shape index (κ2) is 3.85. The van der Waals surface area contributed by atoms with Crippen LogP contribution in [0.25, 0.3) is 0 Å². The van der Waals surface area contributed by atoms with E-state index in [1.165, 1.54) is 0 Å². The average Bonchev–Trinajstić information content (AvgIpc) is 2.77. The van der Waals surface area contributed by atoms with E-state index >= 15 is 0 Å². The van der Waals surface area contributed by atoms with Gasteiger partial charge in [0, 0.05) is 12.2 Å². The number of nitrogens with one attached hydrogen (secondary N) is 1. The highest BCUT2D eigenvalue weighted by atomic mass is 16.5. The number of nitrogen functional groups attached to an aromatic ring is 1. The predicted molar refractivity (Wildman–Crippen MR) is 59.5 cm³/mol. The summed E-state index contributed by atoms with van der Waals surface area (Å²) >= 11 is 0. The van der Waals surface area contributed by atoms with Crippen molar-refractivity contribution in [2.75, 3.05) is 12.3 Å². The smallest absolute Gasteiger partial charge is 0.148 e. The Bertz CT molecular complexity index is 340. The summed E-state index contributed by atoms with van der Waals surface area (Å²) in [4.78, 5) is 0. The Kier molecular flexibility index (Phi) is 2.69. The van der Waals surface area contributed by atoms with Gasteiger partial charge in [-0.2, -0.15) is 5.10 Å². The summed E-state index contributed by atoms with van der Waals surface area (Å²) in [5.41, 5.74) is 7.88. The Morgan fingerprint density at radius 3 is 3.00 bits per heavy atom. The Morgan fingerprint density at radius 1 is 1.60 bits per heavy atom. The lowest BCUT2D eigenvalue weighted by molar-refractivity contribution is 0.0125. The van der Waals surface area contributed by atoms with Crippen molar-refractivity contribution in [3.8, 4) is 0 Å². The van der Waals surface area contributed by atoms with Crippen LogP contribution in [0.2, 0.25) is 0 Å². The molecule has 2 rings (SSSR count). The highest BCUT2D eigenvalue weighted by Crippen LogP contribution is 2.37. The van der Waals surface area contributed by atoms with Crippen molar-refractivity contribution >= 4 is 5.82 Å². The van der Waals surface area contributed by atoms with Gasteiger partial charge < -0.3 is 10.5 Å². The van der Waals surface area contributed by atoms with Crippen molar-refractivity contribution in [2.24, 2.45) is 0 Å². The first-order valence-corrected chi connectivity index (χ1v) is 5.64. The van der Waals surface area contributed by atoms with Crippen LogP contribution >= 0.6 is 0 Å². The molecule has 3 N–H and O–H groups in total. The summed E-state index contributed by atoms with van der Waals surface area (Å²) < 4.78 is 5.80. The molecule has 0 radical (unpaired) electrons. The van der Waals surface area contributed by atoms with Gasteiger partial charge in [0.1, 0.15) is 11.4 Å². The lowest BCUT2D eigenvalue weighted by atomic mass is 9.93. The summed E-state index contributed by atoms with van der Waals surface area (Å²) in [6, 6.07) is 0. The number of hydrogen-bond donors (Lipinski definition) is 2. The molecule has 0 bridgehead atoms. The summed E-state index contributed by atoms with van der Waals surface area (Å²) in [5.74, 6) is 0.628. The molecular formula is C11H19N3O. The largest absolute Gasteiger partial charge is 0.382 e. The minimum Gasteiger partial charge on any atom is -0.382 e. The summed E-state index contributed by atoms with van der Waals surface area (Å²) in [6.07, 6.45) is 4.20. The Hall–Kier alpha value is -1.03. The molecule has 0 amide bonds. The van der Waals surface area contributed by atoms with Gasteiger partial charge in [0.05, 0.1) is 5.69 Å². The first kappa shape index (κ1) is 10.5. The van der Waals surface area contributed by atoms with Crippen molar-refractivity contribution in [3.63, 3.8) is 0 Å². The molecule has 1 aromatic rings. The summed E-state index contributed by atoms with van der Waals surface area (Å²) in [5, 5.41) is 7.14. The molecule has 15 heavy (non-hydrogen) atoms. The molecular weight excluding hydrogens is 190 g/mol. The first-order chi connectivity index (χ1) is 7.17. The predicted octanol–water partition coefficient (Wildman–Crippen LogP) is 1.97. The van der Waals surface area contributed by atoms with E-state index in [2.05, 4.69) is 24.0 Å². The molecule has 4 nitrogen and oxygen atoms in total. The van der Waals surface area contributed by atoms with Crippen LogP contribution in [0.15, 0.2) is 0 Å². The lowest BCUT2D eigenvalue weighted by Crippen LogP contribution is -2.22. The van der Waals surface area contributed by atoms with Crippen molar-refractivity contribution in [1.29, 1.82) is 0 Å². The zero-order valence-electron chi connectivity index (χ0n) is 9.47. The monoisotopic (exact) mass is 209 g/mol. The van der Waals surface area contributed by atoms with Gasteiger partial charge in [0.25, 0.3) is 0 Å². The van der Waals surface area contributed by atoms with E-state index in [1.807, 2.05) is 0 Å². The van der Waals surface area contributed by atoms with Gasteiger partial charge in [-0.15, -0.1) is 0 Å². The standard InChI is InChI=1S/C11H19N3O/c1-3-5-8-9(13-14-10(8)12)11(2)6-4-7-15-11/h3-7H2,1-2H3,(H3,12,13,14). The second-order valence-electron chi connectivity index (χ2n) is 4.40. The molecule has 1 fully saturated rings. The van der Waals surface area contributed by atoms with Crippen LogP contribution in [0.4, 0.5) is 5.82 Å². The maximum Gasteiger partial charge on any atom is 0.148 e. The number of hydrogen-bond acceptors (Lipinski definition) is 3. The van der Waals surface area contributed by atoms with E-state index in [0.29, 0.717) is 5.82 Å². The van der Waals surface area contributed by atoms with Crippen LogP contribution in [0.5, 0.6) is 0 Å². The average molecular weight is 209 g/mol. The third kappa shape index (κ3) is 1.74. The maximum absolute atomic E-state index is 5.86. The number of aromatic amines is 1. The quantitative estimate of drug-likeness (QED) is 0.800. The molecule has 2 heterocycles. The molecule has 1 unspecified atom stereocenters. The van der Waals surface area contributed by atoms with Crippen molar-refractivity contribution in [3.05, 3.63) is 11.3 Å². The topological polar surface area (TPSA) is 63.9 Å². The van der Waals surface area contributed by atoms with Gasteiger partial charge in [-0.1, -0.05) is 13.3 Å². The zero-order chi connectivity index (χ0) is 10.9. The third-order valence-corrected chi connectivity index (χ3v) is 3.15. The van der Waals surface area contributed by atoms with Crippen LogP contribution in [0, 0.1) is 0 Å². The second-order valence-corrected chi connectivity index (χ2v) is 4.40. The van der Waals surface area contributed by atoms with Gasteiger partial charge >= 0.3 is 0 Å². The number of H-pyrrole nitrogens is 1. The van der Waals surface area contributed by atoms with Crippen molar-refractivity contribution in [1.82, 2.24) is 10.2 Å². The first-order valence-electron chi connectivity index (χ1n) is 5.64. The number of nitrogens with zero attached hydrogens (tertiary/aromatic N) is 1. The molecule has 1 aliphatic rings. The van der Waals surface area contributed by atoms with E-state index in [1.54, 1.807) is 0 Å². The van der Waals surface area contributed by atoms with Crippen molar-refractivity contribution in [2.45, 2.75) is 45.1 Å². The van der Waals surface area contributed by atoms with Gasteiger partial charge in [0.2, 0.25) is 0 Å². The zero-order valence-corrected chi connectivity index (χ0v) is 9.47. The van der Waals surface area contributed by atoms with Crippen LogP contribution < -0.4 is 5.73 Å². The number of rotatable bonds is 3. The van der Waals surface area contributed by atoms with E-state index < -0.39 is 0 Å². The van der Waals surface area contributed by atoms with Gasteiger partial charge in [0.15, 0.2) is 0 Å². The van der Waals surface area contributed by atoms with Crippen LogP contribution in [-0.2, 0) is 16.8 Å². The summed E-state index contributed by atoms with van der Waals surface area (Å²) in [7, 11) is 0. The van der Waals surface area contributed by atoms with Crippen LogP contribution in [0.1, 0.15) is 44.4 Å². The SMILES string of the molecule is CCCc1c(N)n[nH]c1C1(C)CCCO1. The molecule has 1 atom stereocenters. The lowest BCUT2D eigenvalue weighted by Gasteiger charge is -2.23. The van der Waals surface area contributed by atoms with Crippen LogP contribution in [-0.4, -0.2) is 16.8 Å². The van der Waals surface area contributed by atoms with E-state index in [9.17, 15) is 0 Å². The fourth-order valence-electron chi connectivity index (χ4n) is 2.30. The molecule has 84 valence electrons. The van der Waals surface area contributed by atoms with E-state index in [-0.39, 0.29) is 5.60 Å². The number of anilines is 1. The summed E-state index contributed by atoms with van der Waals surface area (Å²) in [6.45, 7) is 5.10. The number of aromatic nitrogens is 2. The third-order valence-electron chi connectivity index (χ3n) is 3.15. The highest BCUT2D eigenvalue weighted by Gasteiger charge is 2.36. The van der Waals surface area contributed by atoms with Gasteiger partial charge in [-0.3, -0.25) is 5.10 Å². The molecule has 0 saturated carbocycles. The highest BCUT2D eigenvalue weighted by molar-refractivity contribution is 5.44. The van der Waals surface area contributed by atoms with Gasteiger partial charge in [-0.25, -0.2) is 0 Å². The fourth-order valence-corrected chi connectivity index (χ4v) is 2.30. The van der Waals surface area contributed by atoms with E-state index in [0.717, 1.165) is 43.5 Å². The van der Waals surface area contributed by atoms with E-state index in [4.69, 9.17) is 10.5 Å². The molecule has 1 aliphatic heterocycles. The normalized spacial score (nSPS) is 26.0. The maximum atomic E-state index is 5.86. The fraction of sp³-hybridized carbons (Fsp3) is 0.727. The number of ether oxygens (including phenoxy) is 1.